The van der Waals surface area contributed by atoms with Crippen LogP contribution in [0.25, 0.3) is 0 Å². The van der Waals surface area contributed by atoms with Gasteiger partial charge in [-0.15, -0.1) is 0 Å². The number of anilines is 1. The van der Waals surface area contributed by atoms with Crippen molar-refractivity contribution in [1.29, 1.82) is 0 Å². The number of nitrogens with one attached hydrogen (secondary N) is 2. The first-order valence-electron chi connectivity index (χ1n) is 7.57. The van der Waals surface area contributed by atoms with Crippen LogP contribution in [0, 0.1) is 5.92 Å². The molecular weight excluding hydrogens is 334 g/mol. The van der Waals surface area contributed by atoms with Crippen LogP contribution < -0.4 is 15.8 Å². The fraction of sp³-hybridized carbons (Fsp3) is 0.533. The zero-order chi connectivity index (χ0) is 16.9. The monoisotopic (exact) mass is 357 g/mol. The standard InChI is InChI=1S/C15H23N3O3S2/c1-22-9-8-14(16)15(19)18-12-4-6-13(7-5-12)23(20,21)17-10-11-2-3-11/h4-7,11,14,17H,2-3,8-10,16H2,1H3,(H,18,19)/t14-/m0/s1. The largest absolute Gasteiger partial charge is 0.325 e. The Kier molecular flexibility index (Phi) is 6.46. The SMILES string of the molecule is CSCC[C@H](N)C(=O)Nc1ccc(S(=O)(=O)NCC2CC2)cc1. The second-order valence-electron chi connectivity index (χ2n) is 5.70. The topological polar surface area (TPSA) is 101 Å². The molecule has 1 aliphatic carbocycles. The fourth-order valence-corrected chi connectivity index (χ4v) is 3.57. The highest BCUT2D eigenvalue weighted by atomic mass is 32.2. The van der Waals surface area contributed by atoms with Crippen LogP contribution >= 0.6 is 11.8 Å². The van der Waals surface area contributed by atoms with E-state index in [9.17, 15) is 13.2 Å². The number of hydrogen-bond acceptors (Lipinski definition) is 5. The Bertz CT molecular complexity index is 628. The number of benzene rings is 1. The highest BCUT2D eigenvalue weighted by Crippen LogP contribution is 2.28. The summed E-state index contributed by atoms with van der Waals surface area (Å²) in [5, 5.41) is 2.70. The molecule has 6 nitrogen and oxygen atoms in total. The van der Waals surface area contributed by atoms with E-state index in [4.69, 9.17) is 5.73 Å². The Labute approximate surface area is 141 Å². The molecule has 0 spiro atoms. The maximum absolute atomic E-state index is 12.1. The Morgan fingerprint density at radius 2 is 2.00 bits per heavy atom. The molecule has 0 heterocycles. The van der Waals surface area contributed by atoms with Gasteiger partial charge in [0.05, 0.1) is 10.9 Å². The van der Waals surface area contributed by atoms with Crippen LogP contribution in [0.2, 0.25) is 0 Å². The predicted molar refractivity (Wildman–Crippen MR) is 94.0 cm³/mol. The Hall–Kier alpha value is -1.09. The van der Waals surface area contributed by atoms with E-state index >= 15 is 0 Å². The lowest BCUT2D eigenvalue weighted by atomic mass is 10.2. The van der Waals surface area contributed by atoms with Gasteiger partial charge in [0.25, 0.3) is 0 Å². The van der Waals surface area contributed by atoms with Gasteiger partial charge in [0.1, 0.15) is 0 Å². The fourth-order valence-electron chi connectivity index (χ4n) is 1.96. The van der Waals surface area contributed by atoms with Crippen molar-refractivity contribution < 1.29 is 13.2 Å². The van der Waals surface area contributed by atoms with E-state index in [-0.39, 0.29) is 10.8 Å². The molecular formula is C15H23N3O3S2. The Morgan fingerprint density at radius 1 is 1.35 bits per heavy atom. The highest BCUT2D eigenvalue weighted by Gasteiger charge is 2.24. The number of sulfonamides is 1. The molecule has 0 bridgehead atoms. The van der Waals surface area contributed by atoms with Crippen molar-refractivity contribution in [3.05, 3.63) is 24.3 Å². The maximum Gasteiger partial charge on any atom is 0.241 e. The number of nitrogens with two attached hydrogens (primary N) is 1. The minimum atomic E-state index is -3.48. The van der Waals surface area contributed by atoms with Crippen molar-refractivity contribution in [3.8, 4) is 0 Å². The van der Waals surface area contributed by atoms with Crippen molar-refractivity contribution in [2.45, 2.75) is 30.2 Å². The van der Waals surface area contributed by atoms with Crippen LogP contribution in [0.4, 0.5) is 5.69 Å². The molecule has 0 unspecified atom stereocenters. The van der Waals surface area contributed by atoms with Gasteiger partial charge in [-0.05, 0) is 61.5 Å². The van der Waals surface area contributed by atoms with Gasteiger partial charge in [0.2, 0.25) is 15.9 Å². The third-order valence-corrected chi connectivity index (χ3v) is 5.74. The molecule has 1 atom stereocenters. The molecule has 1 amide bonds. The third kappa shape index (κ3) is 5.80. The number of rotatable bonds is 9. The quantitative estimate of drug-likeness (QED) is 0.620. The van der Waals surface area contributed by atoms with E-state index in [1.807, 2.05) is 6.26 Å². The zero-order valence-electron chi connectivity index (χ0n) is 13.1. The van der Waals surface area contributed by atoms with E-state index in [2.05, 4.69) is 10.0 Å². The van der Waals surface area contributed by atoms with E-state index < -0.39 is 16.1 Å². The summed E-state index contributed by atoms with van der Waals surface area (Å²) in [6.45, 7) is 0.491. The molecule has 8 heteroatoms. The Balaban J connectivity index is 1.91. The van der Waals surface area contributed by atoms with Crippen LogP contribution in [0.5, 0.6) is 0 Å². The van der Waals surface area contributed by atoms with Gasteiger partial charge < -0.3 is 11.1 Å². The van der Waals surface area contributed by atoms with Gasteiger partial charge in [-0.2, -0.15) is 11.8 Å². The first-order valence-corrected chi connectivity index (χ1v) is 10.4. The molecule has 128 valence electrons. The zero-order valence-corrected chi connectivity index (χ0v) is 14.8. The molecule has 1 aromatic carbocycles. The van der Waals surface area contributed by atoms with Crippen LogP contribution in [-0.4, -0.2) is 38.9 Å². The van der Waals surface area contributed by atoms with Gasteiger partial charge in [-0.1, -0.05) is 0 Å². The molecule has 0 aliphatic heterocycles. The first kappa shape index (κ1) is 18.3. The molecule has 23 heavy (non-hydrogen) atoms. The lowest BCUT2D eigenvalue weighted by Crippen LogP contribution is -2.36. The molecule has 0 saturated heterocycles. The van der Waals surface area contributed by atoms with E-state index in [1.165, 1.54) is 12.1 Å². The van der Waals surface area contributed by atoms with E-state index in [0.29, 0.717) is 24.6 Å². The lowest BCUT2D eigenvalue weighted by Gasteiger charge is -2.12. The smallest absolute Gasteiger partial charge is 0.241 e. The minimum absolute atomic E-state index is 0.197. The summed E-state index contributed by atoms with van der Waals surface area (Å²) < 4.78 is 26.8. The number of hydrogen-bond donors (Lipinski definition) is 3. The second kappa shape index (κ2) is 8.14. The summed E-state index contributed by atoms with van der Waals surface area (Å²) in [6.07, 6.45) is 4.74. The minimum Gasteiger partial charge on any atom is -0.325 e. The van der Waals surface area contributed by atoms with E-state index in [0.717, 1.165) is 18.6 Å². The number of thioether (sulfide) groups is 1. The molecule has 1 aliphatic rings. The number of carbonyl (C=O) groups excluding carboxylic acids is 1. The van der Waals surface area contributed by atoms with Gasteiger partial charge in [0.15, 0.2) is 0 Å². The summed E-state index contributed by atoms with van der Waals surface area (Å²) in [4.78, 5) is 12.1. The summed E-state index contributed by atoms with van der Waals surface area (Å²) in [6, 6.07) is 5.55. The van der Waals surface area contributed by atoms with Crippen LogP contribution in [0.15, 0.2) is 29.2 Å². The molecule has 1 aromatic rings. The second-order valence-corrected chi connectivity index (χ2v) is 8.45. The van der Waals surface area contributed by atoms with Crippen molar-refractivity contribution in [3.63, 3.8) is 0 Å². The average molecular weight is 358 g/mol. The van der Waals surface area contributed by atoms with Gasteiger partial charge in [-0.25, -0.2) is 13.1 Å². The summed E-state index contributed by atoms with van der Waals surface area (Å²) in [7, 11) is -3.48. The van der Waals surface area contributed by atoms with Crippen molar-refractivity contribution in [2.75, 3.05) is 23.9 Å². The van der Waals surface area contributed by atoms with Crippen LogP contribution in [0.1, 0.15) is 19.3 Å². The highest BCUT2D eigenvalue weighted by molar-refractivity contribution is 7.98. The molecule has 2 rings (SSSR count). The van der Waals surface area contributed by atoms with Gasteiger partial charge in [0, 0.05) is 12.2 Å². The molecule has 4 N–H and O–H groups in total. The van der Waals surface area contributed by atoms with Crippen molar-refractivity contribution >= 4 is 33.4 Å². The van der Waals surface area contributed by atoms with Crippen LogP contribution in [-0.2, 0) is 14.8 Å². The molecule has 1 fully saturated rings. The summed E-state index contributed by atoms with van der Waals surface area (Å²) in [5.74, 6) is 1.03. The summed E-state index contributed by atoms with van der Waals surface area (Å²) in [5.41, 5.74) is 6.33. The van der Waals surface area contributed by atoms with Gasteiger partial charge in [-0.3, -0.25) is 4.79 Å². The normalized spacial score (nSPS) is 16.1. The predicted octanol–water partition coefficient (Wildman–Crippen LogP) is 1.39. The lowest BCUT2D eigenvalue weighted by molar-refractivity contribution is -0.117. The number of amides is 1. The Morgan fingerprint density at radius 3 is 2.57 bits per heavy atom. The first-order chi connectivity index (χ1) is 10.9. The summed E-state index contributed by atoms with van der Waals surface area (Å²) >= 11 is 1.64. The molecule has 1 saturated carbocycles. The molecule has 0 radical (unpaired) electrons. The van der Waals surface area contributed by atoms with Crippen molar-refractivity contribution in [2.24, 2.45) is 11.7 Å². The van der Waals surface area contributed by atoms with Crippen LogP contribution in [0.3, 0.4) is 0 Å². The van der Waals surface area contributed by atoms with E-state index in [1.54, 1.807) is 23.9 Å². The van der Waals surface area contributed by atoms with Crippen molar-refractivity contribution in [1.82, 2.24) is 4.72 Å². The maximum atomic E-state index is 12.1. The average Bonchev–Trinajstić information content (AvgIpc) is 3.35. The van der Waals surface area contributed by atoms with Gasteiger partial charge >= 0.3 is 0 Å². The number of carbonyl (C=O) groups is 1. The molecule has 0 aromatic heterocycles. The third-order valence-electron chi connectivity index (χ3n) is 3.66.